The van der Waals surface area contributed by atoms with Gasteiger partial charge in [0, 0.05) is 13.6 Å². The largest absolute Gasteiger partial charge is 0.310 e. The molecule has 0 aliphatic heterocycles. The van der Waals surface area contributed by atoms with E-state index in [0.717, 1.165) is 12.4 Å². The molecule has 0 unspecified atom stereocenters. The minimum atomic E-state index is 0.909. The lowest BCUT2D eigenvalue weighted by atomic mass is 10.7. The fraction of sp³-hybridized carbons (Fsp3) is 0.800. The van der Waals surface area contributed by atoms with Crippen molar-refractivity contribution in [2.24, 2.45) is 4.99 Å². The lowest BCUT2D eigenvalue weighted by molar-refractivity contribution is 0.682. The highest BCUT2D eigenvalue weighted by Gasteiger charge is 1.79. The fourth-order valence-electron chi connectivity index (χ4n) is 0.272. The summed E-state index contributed by atoms with van der Waals surface area (Å²) in [6.07, 6.45) is 0. The first-order chi connectivity index (χ1) is 3.81. The van der Waals surface area contributed by atoms with E-state index in [2.05, 4.69) is 15.8 Å². The van der Waals surface area contributed by atoms with Crippen molar-refractivity contribution in [3.05, 3.63) is 0 Å². The van der Waals surface area contributed by atoms with Crippen LogP contribution in [0.5, 0.6) is 0 Å². The standard InChI is InChI=1S/C5H13N3/c1-4-7-8-5(2)6-3/h7H,4H2,1-3H3,(H,6,8). The molecule has 0 atom stereocenters. The molecule has 8 heavy (non-hydrogen) atoms. The zero-order valence-electron chi connectivity index (χ0n) is 5.65. The van der Waals surface area contributed by atoms with Crippen molar-refractivity contribution in [2.45, 2.75) is 13.8 Å². The summed E-state index contributed by atoms with van der Waals surface area (Å²) < 4.78 is 0. The topological polar surface area (TPSA) is 36.4 Å². The lowest BCUT2D eigenvalue weighted by Crippen LogP contribution is -2.35. The average molecular weight is 115 g/mol. The van der Waals surface area contributed by atoms with Crippen molar-refractivity contribution in [3.8, 4) is 0 Å². The minimum Gasteiger partial charge on any atom is -0.310 e. The molecule has 0 aromatic rings. The molecule has 0 aromatic carbocycles. The number of nitrogens with zero attached hydrogens (tertiary/aromatic N) is 1. The molecule has 0 rings (SSSR count). The molecule has 0 aliphatic rings. The van der Waals surface area contributed by atoms with Gasteiger partial charge in [0.25, 0.3) is 0 Å². The molecule has 0 saturated carbocycles. The Labute approximate surface area is 50.2 Å². The maximum absolute atomic E-state index is 3.87. The molecule has 0 heterocycles. The van der Waals surface area contributed by atoms with Crippen molar-refractivity contribution in [1.29, 1.82) is 0 Å². The molecule has 48 valence electrons. The maximum Gasteiger partial charge on any atom is 0.107 e. The van der Waals surface area contributed by atoms with Crippen LogP contribution in [0.25, 0.3) is 0 Å². The molecule has 0 spiro atoms. The first-order valence-corrected chi connectivity index (χ1v) is 2.73. The van der Waals surface area contributed by atoms with E-state index in [1.54, 1.807) is 7.05 Å². The summed E-state index contributed by atoms with van der Waals surface area (Å²) in [6, 6.07) is 0. The van der Waals surface area contributed by atoms with Gasteiger partial charge in [0.15, 0.2) is 0 Å². The number of rotatable bonds is 2. The van der Waals surface area contributed by atoms with E-state index >= 15 is 0 Å². The van der Waals surface area contributed by atoms with E-state index in [4.69, 9.17) is 0 Å². The zero-order chi connectivity index (χ0) is 6.41. The van der Waals surface area contributed by atoms with Crippen LogP contribution in [0.2, 0.25) is 0 Å². The molecule has 0 amide bonds. The Morgan fingerprint density at radius 2 is 2.25 bits per heavy atom. The van der Waals surface area contributed by atoms with Crippen LogP contribution in [-0.4, -0.2) is 19.4 Å². The first kappa shape index (κ1) is 7.43. The van der Waals surface area contributed by atoms with Gasteiger partial charge in [-0.2, -0.15) is 0 Å². The maximum atomic E-state index is 3.87. The molecule has 0 saturated heterocycles. The third-order valence-electron chi connectivity index (χ3n) is 0.781. The molecule has 3 heteroatoms. The van der Waals surface area contributed by atoms with Gasteiger partial charge < -0.3 is 5.43 Å². The second kappa shape index (κ2) is 4.59. The van der Waals surface area contributed by atoms with Gasteiger partial charge in [-0.25, -0.2) is 5.43 Å². The summed E-state index contributed by atoms with van der Waals surface area (Å²) >= 11 is 0. The van der Waals surface area contributed by atoms with Crippen LogP contribution in [-0.2, 0) is 0 Å². The van der Waals surface area contributed by atoms with E-state index < -0.39 is 0 Å². The number of aliphatic imine (C=N–C) groups is 1. The molecular weight excluding hydrogens is 102 g/mol. The number of hydrogen-bond acceptors (Lipinski definition) is 2. The number of hydrogen-bond donors (Lipinski definition) is 2. The summed E-state index contributed by atoms with van der Waals surface area (Å²) in [6.45, 7) is 4.84. The number of amidine groups is 1. The van der Waals surface area contributed by atoms with Crippen LogP contribution in [0.15, 0.2) is 4.99 Å². The van der Waals surface area contributed by atoms with Gasteiger partial charge in [-0.1, -0.05) is 6.92 Å². The second-order valence-corrected chi connectivity index (χ2v) is 1.46. The van der Waals surface area contributed by atoms with Crippen molar-refractivity contribution < 1.29 is 0 Å². The Bertz CT molecular complexity index is 77.7. The summed E-state index contributed by atoms with van der Waals surface area (Å²) in [4.78, 5) is 3.87. The van der Waals surface area contributed by atoms with Crippen LogP contribution in [0.4, 0.5) is 0 Å². The lowest BCUT2D eigenvalue weighted by Gasteiger charge is -2.02. The van der Waals surface area contributed by atoms with Crippen molar-refractivity contribution in [3.63, 3.8) is 0 Å². The Morgan fingerprint density at radius 1 is 1.62 bits per heavy atom. The molecular formula is C5H13N3. The summed E-state index contributed by atoms with van der Waals surface area (Å²) in [5, 5.41) is 0. The van der Waals surface area contributed by atoms with Gasteiger partial charge in [0.2, 0.25) is 0 Å². The predicted octanol–water partition coefficient (Wildman–Crippen LogP) is 0.149. The van der Waals surface area contributed by atoms with E-state index in [0.29, 0.717) is 0 Å². The van der Waals surface area contributed by atoms with Crippen LogP contribution in [0.1, 0.15) is 13.8 Å². The quantitative estimate of drug-likeness (QED) is 0.305. The van der Waals surface area contributed by atoms with Gasteiger partial charge in [-0.15, -0.1) is 0 Å². The van der Waals surface area contributed by atoms with Crippen molar-refractivity contribution in [2.75, 3.05) is 13.6 Å². The Morgan fingerprint density at radius 3 is 2.62 bits per heavy atom. The minimum absolute atomic E-state index is 0.909. The van der Waals surface area contributed by atoms with E-state index in [1.807, 2.05) is 13.8 Å². The smallest absolute Gasteiger partial charge is 0.107 e. The summed E-state index contributed by atoms with van der Waals surface area (Å²) in [7, 11) is 1.75. The Kier molecular flexibility index (Phi) is 4.26. The van der Waals surface area contributed by atoms with Gasteiger partial charge in [0.05, 0.1) is 0 Å². The Hall–Kier alpha value is -0.570. The first-order valence-electron chi connectivity index (χ1n) is 2.73. The SMILES string of the molecule is CCNNC(C)=NC. The van der Waals surface area contributed by atoms with Crippen molar-refractivity contribution in [1.82, 2.24) is 10.9 Å². The molecule has 2 N–H and O–H groups in total. The van der Waals surface area contributed by atoms with E-state index in [1.165, 1.54) is 0 Å². The van der Waals surface area contributed by atoms with E-state index in [-0.39, 0.29) is 0 Å². The molecule has 0 aromatic heterocycles. The average Bonchev–Trinajstić information content (AvgIpc) is 1.83. The molecule has 0 fully saturated rings. The van der Waals surface area contributed by atoms with Crippen LogP contribution in [0.3, 0.4) is 0 Å². The highest BCUT2D eigenvalue weighted by molar-refractivity contribution is 5.78. The normalized spacial score (nSPS) is 11.6. The number of nitrogens with one attached hydrogen (secondary N) is 2. The summed E-state index contributed by atoms with van der Waals surface area (Å²) in [5.74, 6) is 0.909. The molecule has 0 aliphatic carbocycles. The highest BCUT2D eigenvalue weighted by Crippen LogP contribution is 1.61. The van der Waals surface area contributed by atoms with Gasteiger partial charge >= 0.3 is 0 Å². The van der Waals surface area contributed by atoms with E-state index in [9.17, 15) is 0 Å². The Balaban J connectivity index is 3.12. The molecule has 3 nitrogen and oxygen atoms in total. The fourth-order valence-corrected chi connectivity index (χ4v) is 0.272. The second-order valence-electron chi connectivity index (χ2n) is 1.46. The predicted molar refractivity (Wildman–Crippen MR) is 35.8 cm³/mol. The van der Waals surface area contributed by atoms with Crippen LogP contribution in [0, 0.1) is 0 Å². The zero-order valence-corrected chi connectivity index (χ0v) is 5.65. The number of hydrazine groups is 1. The monoisotopic (exact) mass is 115 g/mol. The molecule has 0 bridgehead atoms. The third-order valence-corrected chi connectivity index (χ3v) is 0.781. The third kappa shape index (κ3) is 3.61. The van der Waals surface area contributed by atoms with Gasteiger partial charge in [-0.3, -0.25) is 4.99 Å². The summed E-state index contributed by atoms with van der Waals surface area (Å²) in [5.41, 5.74) is 5.80. The molecule has 0 radical (unpaired) electrons. The van der Waals surface area contributed by atoms with Crippen molar-refractivity contribution >= 4 is 5.84 Å². The van der Waals surface area contributed by atoms with Crippen LogP contribution >= 0.6 is 0 Å². The highest BCUT2D eigenvalue weighted by atomic mass is 15.4. The van der Waals surface area contributed by atoms with Crippen LogP contribution < -0.4 is 10.9 Å². The van der Waals surface area contributed by atoms with Gasteiger partial charge in [0.1, 0.15) is 5.84 Å². The van der Waals surface area contributed by atoms with Gasteiger partial charge in [-0.05, 0) is 6.92 Å².